The van der Waals surface area contributed by atoms with E-state index in [9.17, 15) is 4.79 Å². The van der Waals surface area contributed by atoms with Gasteiger partial charge in [0.1, 0.15) is 19.1 Å². The number of methoxy groups -OCH3 is 1. The number of carbonyl (C=O) groups is 1. The predicted molar refractivity (Wildman–Crippen MR) is 153 cm³/mol. The molecule has 9 nitrogen and oxygen atoms in total. The third-order valence-electron chi connectivity index (χ3n) is 6.52. The van der Waals surface area contributed by atoms with Gasteiger partial charge in [0, 0.05) is 49.3 Å². The van der Waals surface area contributed by atoms with E-state index in [-0.39, 0.29) is 11.9 Å². The molecule has 39 heavy (non-hydrogen) atoms. The number of amides is 1. The molecule has 1 N–H and O–H groups in total. The zero-order valence-electron chi connectivity index (χ0n) is 23.6. The first-order chi connectivity index (χ1) is 18.8. The highest BCUT2D eigenvalue weighted by Gasteiger charge is 2.18. The van der Waals surface area contributed by atoms with Gasteiger partial charge in [0.2, 0.25) is 0 Å². The molecule has 0 aliphatic carbocycles. The summed E-state index contributed by atoms with van der Waals surface area (Å²) in [6.07, 6.45) is 3.86. The maximum Gasteiger partial charge on any atom is 0.252 e. The lowest BCUT2D eigenvalue weighted by Crippen LogP contribution is -2.27. The third-order valence-corrected chi connectivity index (χ3v) is 6.52. The Morgan fingerprint density at radius 1 is 1.00 bits per heavy atom. The van der Waals surface area contributed by atoms with Crippen LogP contribution in [-0.2, 0) is 18.0 Å². The zero-order valence-corrected chi connectivity index (χ0v) is 23.6. The molecule has 0 spiro atoms. The van der Waals surface area contributed by atoms with Crippen molar-refractivity contribution in [1.29, 1.82) is 0 Å². The Morgan fingerprint density at radius 3 is 2.28 bits per heavy atom. The van der Waals surface area contributed by atoms with Crippen molar-refractivity contribution < 1.29 is 14.3 Å². The van der Waals surface area contributed by atoms with E-state index in [2.05, 4.69) is 40.4 Å². The minimum absolute atomic E-state index is 0.148. The van der Waals surface area contributed by atoms with Crippen LogP contribution in [0.15, 0.2) is 60.9 Å². The van der Waals surface area contributed by atoms with Crippen LogP contribution in [0.3, 0.4) is 0 Å². The van der Waals surface area contributed by atoms with Crippen molar-refractivity contribution in [1.82, 2.24) is 29.8 Å². The number of hydrogen-bond donors (Lipinski definition) is 1. The Labute approximate surface area is 230 Å². The number of nitrogens with zero attached hydrogens (tertiary/aromatic N) is 5. The maximum atomic E-state index is 13.4. The molecule has 2 aromatic carbocycles. The van der Waals surface area contributed by atoms with Gasteiger partial charge in [-0.2, -0.15) is 10.2 Å². The van der Waals surface area contributed by atoms with Gasteiger partial charge in [-0.3, -0.25) is 9.48 Å². The Hall–Kier alpha value is -3.95. The van der Waals surface area contributed by atoms with Gasteiger partial charge in [-0.25, -0.2) is 4.68 Å². The van der Waals surface area contributed by atoms with E-state index in [0.29, 0.717) is 24.7 Å². The molecule has 4 rings (SSSR count). The molecule has 9 heteroatoms. The van der Waals surface area contributed by atoms with Crippen LogP contribution in [0, 0.1) is 6.92 Å². The lowest BCUT2D eigenvalue weighted by molar-refractivity contribution is 0.0938. The fraction of sp³-hybridized carbons (Fsp3) is 0.367. The number of carbonyl (C=O) groups excluding carboxylic acids is 1. The van der Waals surface area contributed by atoms with Crippen LogP contribution >= 0.6 is 0 Å². The number of aromatic nitrogens is 4. The van der Waals surface area contributed by atoms with Crippen LogP contribution in [0.25, 0.3) is 22.5 Å². The second-order valence-corrected chi connectivity index (χ2v) is 9.88. The van der Waals surface area contributed by atoms with Crippen LogP contribution in [0.2, 0.25) is 0 Å². The van der Waals surface area contributed by atoms with Gasteiger partial charge in [0.15, 0.2) is 0 Å². The van der Waals surface area contributed by atoms with Crippen molar-refractivity contribution in [3.63, 3.8) is 0 Å². The first-order valence-corrected chi connectivity index (χ1v) is 13.2. The highest BCUT2D eigenvalue weighted by atomic mass is 16.5. The van der Waals surface area contributed by atoms with E-state index in [1.807, 2.05) is 75.4 Å². The van der Waals surface area contributed by atoms with Crippen molar-refractivity contribution in [3.05, 3.63) is 77.6 Å². The smallest absolute Gasteiger partial charge is 0.252 e. The summed E-state index contributed by atoms with van der Waals surface area (Å²) in [5, 5.41) is 12.5. The van der Waals surface area contributed by atoms with Gasteiger partial charge in [0.05, 0.1) is 17.4 Å². The van der Waals surface area contributed by atoms with Crippen molar-refractivity contribution in [2.75, 3.05) is 34.4 Å². The number of aryl methyl sites for hydroxylation is 2. The summed E-state index contributed by atoms with van der Waals surface area (Å²) in [6.45, 7) is 8.49. The largest absolute Gasteiger partial charge is 0.492 e. The molecule has 1 amide bonds. The fourth-order valence-corrected chi connectivity index (χ4v) is 4.25. The van der Waals surface area contributed by atoms with Crippen molar-refractivity contribution in [3.8, 4) is 28.3 Å². The van der Waals surface area contributed by atoms with Gasteiger partial charge in [-0.15, -0.1) is 0 Å². The summed E-state index contributed by atoms with van der Waals surface area (Å²) in [5.74, 6) is 0.535. The highest BCUT2D eigenvalue weighted by Crippen LogP contribution is 2.30. The standard InChI is InChI=1S/C30H38N6O3/c1-7-35-12-10-28(32-35)24-16-23(17-25(18-24)29-11-13-36(33-29)20-38-6)22(3)31-30(37)27-19-26(9-8-21(27)2)39-15-14-34(4)5/h8-13,16-19,22H,7,14-15,20H2,1-6H3,(H,31,37)/t22-/m1/s1. The van der Waals surface area contributed by atoms with Gasteiger partial charge < -0.3 is 19.7 Å². The quantitative estimate of drug-likeness (QED) is 0.284. The molecule has 0 aliphatic rings. The Morgan fingerprint density at radius 2 is 1.67 bits per heavy atom. The monoisotopic (exact) mass is 530 g/mol. The first-order valence-electron chi connectivity index (χ1n) is 13.2. The van der Waals surface area contributed by atoms with Gasteiger partial charge in [-0.1, -0.05) is 6.07 Å². The number of nitrogens with one attached hydrogen (secondary N) is 1. The van der Waals surface area contributed by atoms with Gasteiger partial charge in [-0.05, 0) is 88.5 Å². The maximum absolute atomic E-state index is 13.4. The van der Waals surface area contributed by atoms with Gasteiger partial charge >= 0.3 is 0 Å². The number of rotatable bonds is 12. The second kappa shape index (κ2) is 12.7. The van der Waals surface area contributed by atoms with Crippen molar-refractivity contribution in [2.24, 2.45) is 0 Å². The van der Waals surface area contributed by atoms with E-state index in [4.69, 9.17) is 14.6 Å². The molecule has 206 valence electrons. The molecule has 0 saturated heterocycles. The Bertz CT molecular complexity index is 1410. The predicted octanol–water partition coefficient (Wildman–Crippen LogP) is 4.78. The number of likely N-dealkylation sites (N-methyl/N-ethyl adjacent to an activating group) is 1. The average Bonchev–Trinajstić information content (AvgIpc) is 3.59. The van der Waals surface area contributed by atoms with E-state index < -0.39 is 0 Å². The van der Waals surface area contributed by atoms with Crippen LogP contribution in [0.4, 0.5) is 0 Å². The average molecular weight is 531 g/mol. The molecule has 1 atom stereocenters. The molecule has 4 aromatic rings. The fourth-order valence-electron chi connectivity index (χ4n) is 4.25. The number of hydrogen-bond acceptors (Lipinski definition) is 6. The van der Waals surface area contributed by atoms with Crippen LogP contribution in [-0.4, -0.2) is 64.7 Å². The summed E-state index contributed by atoms with van der Waals surface area (Å²) in [6, 6.07) is 15.6. The lowest BCUT2D eigenvalue weighted by Gasteiger charge is -2.18. The van der Waals surface area contributed by atoms with E-state index >= 15 is 0 Å². The summed E-state index contributed by atoms with van der Waals surface area (Å²) in [7, 11) is 5.64. The zero-order chi connectivity index (χ0) is 27.9. The summed E-state index contributed by atoms with van der Waals surface area (Å²) in [5.41, 5.74) is 6.04. The summed E-state index contributed by atoms with van der Waals surface area (Å²) in [4.78, 5) is 15.4. The van der Waals surface area contributed by atoms with E-state index in [1.165, 1.54) is 0 Å². The van der Waals surface area contributed by atoms with Crippen molar-refractivity contribution in [2.45, 2.75) is 40.1 Å². The molecular formula is C30H38N6O3. The van der Waals surface area contributed by atoms with Crippen LogP contribution in [0.5, 0.6) is 5.75 Å². The molecule has 0 aliphatic heterocycles. The molecule has 0 saturated carbocycles. The first kappa shape index (κ1) is 28.1. The normalized spacial score (nSPS) is 12.1. The second-order valence-electron chi connectivity index (χ2n) is 9.88. The molecule has 0 fully saturated rings. The van der Waals surface area contributed by atoms with Crippen LogP contribution < -0.4 is 10.1 Å². The minimum atomic E-state index is -0.261. The number of ether oxygens (including phenoxy) is 2. The highest BCUT2D eigenvalue weighted by molar-refractivity contribution is 5.96. The summed E-state index contributed by atoms with van der Waals surface area (Å²) < 4.78 is 14.7. The molecular weight excluding hydrogens is 492 g/mol. The molecule has 0 unspecified atom stereocenters. The Kier molecular flexibility index (Phi) is 9.16. The Balaban J connectivity index is 1.61. The number of benzene rings is 2. The van der Waals surface area contributed by atoms with Crippen molar-refractivity contribution >= 4 is 5.91 Å². The third kappa shape index (κ3) is 7.13. The minimum Gasteiger partial charge on any atom is -0.492 e. The SMILES string of the molecule is CCn1ccc(-c2cc(-c3ccn(COC)n3)cc([C@@H](C)NC(=O)c3cc(OCCN(C)C)ccc3C)c2)n1. The molecule has 2 heterocycles. The molecule has 0 radical (unpaired) electrons. The van der Waals surface area contributed by atoms with E-state index in [1.54, 1.807) is 11.8 Å². The summed E-state index contributed by atoms with van der Waals surface area (Å²) >= 11 is 0. The van der Waals surface area contributed by atoms with E-state index in [0.717, 1.165) is 46.7 Å². The molecule has 2 aromatic heterocycles. The van der Waals surface area contributed by atoms with Gasteiger partial charge in [0.25, 0.3) is 5.91 Å². The topological polar surface area (TPSA) is 86.4 Å². The molecule has 0 bridgehead atoms. The lowest BCUT2D eigenvalue weighted by atomic mass is 9.97. The van der Waals surface area contributed by atoms with Crippen LogP contribution in [0.1, 0.15) is 41.4 Å².